The van der Waals surface area contributed by atoms with Crippen LogP contribution in [0, 0.1) is 12.3 Å². The van der Waals surface area contributed by atoms with Gasteiger partial charge in [-0.25, -0.2) is 4.98 Å². The van der Waals surface area contributed by atoms with Gasteiger partial charge in [0.1, 0.15) is 17.2 Å². The number of methoxy groups -OCH3 is 1. The number of benzene rings is 2. The number of nitrogens with one attached hydrogen (secondary N) is 1. The molecule has 4 aromatic rings. The Hall–Kier alpha value is -3.00. The molecule has 128 valence electrons. The zero-order valence-corrected chi connectivity index (χ0v) is 14.8. The Morgan fingerprint density at radius 2 is 1.92 bits per heavy atom. The van der Waals surface area contributed by atoms with Crippen LogP contribution in [-0.4, -0.2) is 17.1 Å². The topological polar surface area (TPSA) is 47.1 Å². The number of aromatic nitrogens is 2. The van der Waals surface area contributed by atoms with Crippen LogP contribution in [0.5, 0.6) is 11.5 Å². The molecular weight excluding hydrogens is 348 g/mol. The molecule has 0 aliphatic heterocycles. The van der Waals surface area contributed by atoms with Crippen LogP contribution in [0.2, 0.25) is 5.02 Å². The maximum atomic E-state index is 6.13. The molecule has 0 amide bonds. The van der Waals surface area contributed by atoms with Crippen LogP contribution in [-0.2, 0) is 11.3 Å². The van der Waals surface area contributed by atoms with Gasteiger partial charge in [-0.05, 0) is 42.3 Å². The third kappa shape index (κ3) is 2.78. The summed E-state index contributed by atoms with van der Waals surface area (Å²) in [5.74, 6) is 4.07. The highest BCUT2D eigenvalue weighted by Crippen LogP contribution is 2.38. The summed E-state index contributed by atoms with van der Waals surface area (Å²) in [7, 11) is 1.64. The van der Waals surface area contributed by atoms with E-state index in [2.05, 4.69) is 15.9 Å². The Balaban J connectivity index is 1.97. The Kier molecular flexibility index (Phi) is 4.26. The fourth-order valence-corrected chi connectivity index (χ4v) is 3.22. The highest BCUT2D eigenvalue weighted by atomic mass is 35.5. The molecule has 2 aromatic carbocycles. The lowest BCUT2D eigenvalue weighted by Gasteiger charge is -2.10. The largest absolute Gasteiger partial charge is 0.457 e. The van der Waals surface area contributed by atoms with E-state index in [9.17, 15) is 0 Å². The summed E-state index contributed by atoms with van der Waals surface area (Å²) in [6, 6.07) is 13.1. The van der Waals surface area contributed by atoms with Crippen molar-refractivity contribution in [1.29, 1.82) is 0 Å². The lowest BCUT2D eigenvalue weighted by Crippen LogP contribution is -1.97. The summed E-state index contributed by atoms with van der Waals surface area (Å²) in [5, 5.41) is 2.58. The van der Waals surface area contributed by atoms with E-state index < -0.39 is 0 Å². The number of fused-ring (bicyclic) bond motifs is 3. The second-order valence-corrected chi connectivity index (χ2v) is 6.25. The van der Waals surface area contributed by atoms with Crippen molar-refractivity contribution < 1.29 is 9.47 Å². The average molecular weight is 363 g/mol. The number of nitrogens with zero attached hydrogens (tertiary/aromatic N) is 1. The van der Waals surface area contributed by atoms with Crippen LogP contribution in [0.4, 0.5) is 0 Å². The minimum absolute atomic E-state index is 0.367. The van der Waals surface area contributed by atoms with E-state index in [-0.39, 0.29) is 0 Å². The van der Waals surface area contributed by atoms with Crippen molar-refractivity contribution in [3.63, 3.8) is 0 Å². The maximum Gasteiger partial charge on any atom is 0.137 e. The SMILES string of the molecule is C#Cc1ncc2[nH]c3cccc(Oc4ccc(Cl)cc4)c3c2c1COC. The molecular formula is C21H15ClN2O2. The number of H-pyrrole nitrogens is 1. The molecule has 2 aromatic heterocycles. The fourth-order valence-electron chi connectivity index (χ4n) is 3.10. The van der Waals surface area contributed by atoms with Crippen LogP contribution in [0.15, 0.2) is 48.7 Å². The van der Waals surface area contributed by atoms with Crippen molar-refractivity contribution in [2.24, 2.45) is 0 Å². The van der Waals surface area contributed by atoms with Crippen LogP contribution >= 0.6 is 11.6 Å². The molecule has 0 saturated heterocycles. The first-order valence-corrected chi connectivity index (χ1v) is 8.40. The average Bonchev–Trinajstić information content (AvgIpc) is 3.04. The van der Waals surface area contributed by atoms with Crippen LogP contribution in [0.1, 0.15) is 11.3 Å². The Morgan fingerprint density at radius 3 is 2.65 bits per heavy atom. The standard InChI is InChI=1S/C21H15ClN2O2/c1-3-16-15(12-25-2)20-18(11-23-16)24-17-5-4-6-19(21(17)20)26-14-9-7-13(22)8-10-14/h1,4-11,24H,12H2,2H3. The van der Waals surface area contributed by atoms with Gasteiger partial charge in [-0.1, -0.05) is 17.7 Å². The Labute approximate surface area is 155 Å². The van der Waals surface area contributed by atoms with E-state index in [1.165, 1.54) is 0 Å². The van der Waals surface area contributed by atoms with Gasteiger partial charge in [-0.15, -0.1) is 6.42 Å². The first-order chi connectivity index (χ1) is 12.7. The zero-order valence-electron chi connectivity index (χ0n) is 14.0. The smallest absolute Gasteiger partial charge is 0.137 e. The van der Waals surface area contributed by atoms with Crippen molar-refractivity contribution in [2.75, 3.05) is 7.11 Å². The number of terminal acetylenes is 1. The summed E-state index contributed by atoms with van der Waals surface area (Å²) in [6.45, 7) is 0.367. The van der Waals surface area contributed by atoms with E-state index in [1.54, 1.807) is 25.4 Å². The predicted octanol–water partition coefficient (Wildman–Crippen LogP) is 5.29. The molecule has 0 aliphatic rings. The number of hydrogen-bond donors (Lipinski definition) is 1. The van der Waals surface area contributed by atoms with E-state index in [0.717, 1.165) is 33.1 Å². The van der Waals surface area contributed by atoms with E-state index in [1.807, 2.05) is 30.3 Å². The molecule has 0 radical (unpaired) electrons. The van der Waals surface area contributed by atoms with Crippen LogP contribution < -0.4 is 4.74 Å². The highest BCUT2D eigenvalue weighted by Gasteiger charge is 2.17. The molecule has 0 saturated carbocycles. The normalized spacial score (nSPS) is 11.0. The molecule has 0 bridgehead atoms. The molecule has 2 heterocycles. The fraction of sp³-hybridized carbons (Fsp3) is 0.0952. The molecule has 0 fully saturated rings. The lowest BCUT2D eigenvalue weighted by atomic mass is 10.1. The quantitative estimate of drug-likeness (QED) is 0.502. The van der Waals surface area contributed by atoms with Crippen LogP contribution in [0.3, 0.4) is 0 Å². The summed E-state index contributed by atoms with van der Waals surface area (Å²) in [6.07, 6.45) is 7.38. The van der Waals surface area contributed by atoms with Gasteiger partial charge in [0.05, 0.1) is 29.2 Å². The number of rotatable bonds is 4. The van der Waals surface area contributed by atoms with E-state index >= 15 is 0 Å². The van der Waals surface area contributed by atoms with Crippen molar-refractivity contribution >= 4 is 33.4 Å². The molecule has 0 unspecified atom stereocenters. The van der Waals surface area contributed by atoms with Gasteiger partial charge < -0.3 is 14.5 Å². The first-order valence-electron chi connectivity index (χ1n) is 8.02. The van der Waals surface area contributed by atoms with Gasteiger partial charge in [0.25, 0.3) is 0 Å². The zero-order chi connectivity index (χ0) is 18.1. The van der Waals surface area contributed by atoms with Gasteiger partial charge in [0.2, 0.25) is 0 Å². The summed E-state index contributed by atoms with van der Waals surface area (Å²) >= 11 is 5.96. The van der Waals surface area contributed by atoms with Gasteiger partial charge >= 0.3 is 0 Å². The maximum absolute atomic E-state index is 6.13. The minimum atomic E-state index is 0.367. The third-order valence-corrected chi connectivity index (χ3v) is 4.44. The van der Waals surface area contributed by atoms with Gasteiger partial charge in [-0.3, -0.25) is 0 Å². The molecule has 4 rings (SSSR count). The molecule has 26 heavy (non-hydrogen) atoms. The molecule has 1 N–H and O–H groups in total. The number of halogens is 1. The molecule has 5 heteroatoms. The van der Waals surface area contributed by atoms with E-state index in [4.69, 9.17) is 27.5 Å². The second-order valence-electron chi connectivity index (χ2n) is 5.81. The minimum Gasteiger partial charge on any atom is -0.457 e. The predicted molar refractivity (Wildman–Crippen MR) is 104 cm³/mol. The lowest BCUT2D eigenvalue weighted by molar-refractivity contribution is 0.185. The monoisotopic (exact) mass is 362 g/mol. The second kappa shape index (κ2) is 6.72. The van der Waals surface area contributed by atoms with Crippen molar-refractivity contribution in [3.8, 4) is 23.8 Å². The first kappa shape index (κ1) is 16.5. The number of ether oxygens (including phenoxy) is 2. The van der Waals surface area contributed by atoms with Gasteiger partial charge in [0.15, 0.2) is 0 Å². The van der Waals surface area contributed by atoms with E-state index in [0.29, 0.717) is 23.1 Å². The molecule has 0 aliphatic carbocycles. The number of aromatic amines is 1. The van der Waals surface area contributed by atoms with Crippen molar-refractivity contribution in [2.45, 2.75) is 6.61 Å². The Bertz CT molecular complexity index is 1140. The van der Waals surface area contributed by atoms with Crippen molar-refractivity contribution in [1.82, 2.24) is 9.97 Å². The summed E-state index contributed by atoms with van der Waals surface area (Å²) in [5.41, 5.74) is 3.27. The summed E-state index contributed by atoms with van der Waals surface area (Å²) in [4.78, 5) is 7.74. The summed E-state index contributed by atoms with van der Waals surface area (Å²) < 4.78 is 11.5. The van der Waals surface area contributed by atoms with Crippen LogP contribution in [0.25, 0.3) is 21.8 Å². The van der Waals surface area contributed by atoms with Gasteiger partial charge in [0, 0.05) is 23.1 Å². The third-order valence-electron chi connectivity index (χ3n) is 4.19. The van der Waals surface area contributed by atoms with Gasteiger partial charge in [-0.2, -0.15) is 0 Å². The molecule has 4 nitrogen and oxygen atoms in total. The number of pyridine rings is 1. The number of hydrogen-bond acceptors (Lipinski definition) is 3. The highest BCUT2D eigenvalue weighted by molar-refractivity contribution is 6.30. The molecule has 0 spiro atoms. The molecule has 0 atom stereocenters. The Morgan fingerprint density at radius 1 is 1.12 bits per heavy atom. The van der Waals surface area contributed by atoms with Crippen molar-refractivity contribution in [3.05, 3.63) is 64.9 Å².